The number of hydrogen-bond acceptors (Lipinski definition) is 3. The molecule has 3 N–H and O–H groups in total. The van der Waals surface area contributed by atoms with Crippen molar-refractivity contribution in [1.29, 1.82) is 0 Å². The van der Waals surface area contributed by atoms with Gasteiger partial charge in [-0.25, -0.2) is 0 Å². The predicted octanol–water partition coefficient (Wildman–Crippen LogP) is 1.05. The van der Waals surface area contributed by atoms with Crippen LogP contribution in [0.15, 0.2) is 0 Å². The topological polar surface area (TPSA) is 64.3 Å². The highest BCUT2D eigenvalue weighted by Crippen LogP contribution is 2.22. The lowest BCUT2D eigenvalue weighted by Crippen LogP contribution is -2.47. The zero-order valence-corrected chi connectivity index (χ0v) is 10.4. The highest BCUT2D eigenvalue weighted by molar-refractivity contribution is 5.76. The molecule has 94 valence electrons. The van der Waals surface area contributed by atoms with Gasteiger partial charge in [0.1, 0.15) is 0 Å². The summed E-state index contributed by atoms with van der Waals surface area (Å²) in [7, 11) is 1.72. The lowest BCUT2D eigenvalue weighted by atomic mass is 9.89. The first kappa shape index (κ1) is 13.5. The zero-order chi connectivity index (χ0) is 12.0. The monoisotopic (exact) mass is 228 g/mol. The fourth-order valence-corrected chi connectivity index (χ4v) is 1.98. The second-order valence-corrected chi connectivity index (χ2v) is 4.81. The largest absolute Gasteiger partial charge is 0.381 e. The van der Waals surface area contributed by atoms with Crippen LogP contribution in [-0.4, -0.2) is 31.7 Å². The maximum absolute atomic E-state index is 11.6. The van der Waals surface area contributed by atoms with Crippen molar-refractivity contribution >= 4 is 5.91 Å². The van der Waals surface area contributed by atoms with E-state index in [1.54, 1.807) is 7.11 Å². The number of nitrogens with two attached hydrogens (primary N) is 1. The van der Waals surface area contributed by atoms with Crippen LogP contribution in [0.5, 0.6) is 0 Å². The van der Waals surface area contributed by atoms with Crippen LogP contribution < -0.4 is 11.1 Å². The minimum atomic E-state index is 0.170. The number of hydrogen-bond donors (Lipinski definition) is 2. The SMILES string of the molecule is COC1CC(NC(=O)CCC(C)CCN)C1. The average molecular weight is 228 g/mol. The third-order valence-corrected chi connectivity index (χ3v) is 3.32. The summed E-state index contributed by atoms with van der Waals surface area (Å²) in [5.41, 5.74) is 5.46. The van der Waals surface area contributed by atoms with Crippen molar-refractivity contribution in [2.24, 2.45) is 11.7 Å². The van der Waals surface area contributed by atoms with E-state index in [9.17, 15) is 4.79 Å². The van der Waals surface area contributed by atoms with Crippen molar-refractivity contribution < 1.29 is 9.53 Å². The molecule has 1 amide bonds. The van der Waals surface area contributed by atoms with E-state index in [1.807, 2.05) is 0 Å². The molecule has 0 radical (unpaired) electrons. The summed E-state index contributed by atoms with van der Waals surface area (Å²) >= 11 is 0. The molecule has 0 spiro atoms. The van der Waals surface area contributed by atoms with E-state index < -0.39 is 0 Å². The van der Waals surface area contributed by atoms with Gasteiger partial charge in [0.2, 0.25) is 5.91 Å². The summed E-state index contributed by atoms with van der Waals surface area (Å²) in [5.74, 6) is 0.715. The van der Waals surface area contributed by atoms with Crippen molar-refractivity contribution in [3.63, 3.8) is 0 Å². The Balaban J connectivity index is 2.03. The molecule has 0 bridgehead atoms. The van der Waals surface area contributed by atoms with Gasteiger partial charge in [0.05, 0.1) is 6.10 Å². The number of carbonyl (C=O) groups is 1. The highest BCUT2D eigenvalue weighted by atomic mass is 16.5. The third-order valence-electron chi connectivity index (χ3n) is 3.32. The Morgan fingerprint density at radius 3 is 2.75 bits per heavy atom. The molecule has 16 heavy (non-hydrogen) atoms. The van der Waals surface area contributed by atoms with Crippen molar-refractivity contribution in [2.75, 3.05) is 13.7 Å². The number of carbonyl (C=O) groups excluding carboxylic acids is 1. The number of amides is 1. The van der Waals surface area contributed by atoms with Crippen molar-refractivity contribution in [1.82, 2.24) is 5.32 Å². The van der Waals surface area contributed by atoms with Gasteiger partial charge < -0.3 is 15.8 Å². The Morgan fingerprint density at radius 2 is 2.19 bits per heavy atom. The lowest BCUT2D eigenvalue weighted by molar-refractivity contribution is -0.123. The molecule has 0 aromatic heterocycles. The molecular weight excluding hydrogens is 204 g/mol. The summed E-state index contributed by atoms with van der Waals surface area (Å²) in [6.45, 7) is 2.85. The Kier molecular flexibility index (Phi) is 5.77. The van der Waals surface area contributed by atoms with E-state index in [2.05, 4.69) is 12.2 Å². The standard InChI is InChI=1S/C12H24N2O2/c1-9(5-6-13)3-4-12(15)14-10-7-11(8-10)16-2/h9-11H,3-8,13H2,1-2H3,(H,14,15). The molecule has 4 heteroatoms. The maximum Gasteiger partial charge on any atom is 0.220 e. The molecule has 1 unspecified atom stereocenters. The average Bonchev–Trinajstić information content (AvgIpc) is 2.20. The van der Waals surface area contributed by atoms with Crippen LogP contribution in [0.2, 0.25) is 0 Å². The van der Waals surface area contributed by atoms with Crippen LogP contribution in [0.3, 0.4) is 0 Å². The van der Waals surface area contributed by atoms with Crippen LogP contribution >= 0.6 is 0 Å². The van der Waals surface area contributed by atoms with Crippen LogP contribution in [0.1, 0.15) is 39.0 Å². The molecule has 0 aromatic rings. The summed E-state index contributed by atoms with van der Waals surface area (Å²) in [5, 5.41) is 3.03. The van der Waals surface area contributed by atoms with Gasteiger partial charge in [0, 0.05) is 19.6 Å². The molecule has 1 atom stereocenters. The van der Waals surface area contributed by atoms with Crippen LogP contribution in [-0.2, 0) is 9.53 Å². The zero-order valence-electron chi connectivity index (χ0n) is 10.4. The first-order valence-electron chi connectivity index (χ1n) is 6.18. The summed E-state index contributed by atoms with van der Waals surface area (Å²) < 4.78 is 5.16. The van der Waals surface area contributed by atoms with E-state index in [0.717, 1.165) is 25.7 Å². The van der Waals surface area contributed by atoms with Crippen molar-refractivity contribution in [3.8, 4) is 0 Å². The minimum absolute atomic E-state index is 0.170. The molecule has 0 aromatic carbocycles. The second kappa shape index (κ2) is 6.86. The Hall–Kier alpha value is -0.610. The minimum Gasteiger partial charge on any atom is -0.381 e. The van der Waals surface area contributed by atoms with Gasteiger partial charge in [-0.3, -0.25) is 4.79 Å². The summed E-state index contributed by atoms with van der Waals surface area (Å²) in [6, 6.07) is 0.335. The Morgan fingerprint density at radius 1 is 1.50 bits per heavy atom. The summed E-state index contributed by atoms with van der Waals surface area (Å²) in [6.07, 6.45) is 4.82. The van der Waals surface area contributed by atoms with Crippen LogP contribution in [0.4, 0.5) is 0 Å². The third kappa shape index (κ3) is 4.49. The van der Waals surface area contributed by atoms with E-state index in [1.165, 1.54) is 0 Å². The molecule has 1 fully saturated rings. The fraction of sp³-hybridized carbons (Fsp3) is 0.917. The van der Waals surface area contributed by atoms with Gasteiger partial charge in [-0.05, 0) is 38.1 Å². The van der Waals surface area contributed by atoms with E-state index in [4.69, 9.17) is 10.5 Å². The second-order valence-electron chi connectivity index (χ2n) is 4.81. The van der Waals surface area contributed by atoms with Crippen molar-refractivity contribution in [2.45, 2.75) is 51.2 Å². The molecule has 1 rings (SSSR count). The fourth-order valence-electron chi connectivity index (χ4n) is 1.98. The van der Waals surface area contributed by atoms with E-state index >= 15 is 0 Å². The molecule has 1 aliphatic rings. The highest BCUT2D eigenvalue weighted by Gasteiger charge is 2.29. The van der Waals surface area contributed by atoms with Crippen LogP contribution in [0.25, 0.3) is 0 Å². The number of methoxy groups -OCH3 is 1. The first-order chi connectivity index (χ1) is 7.65. The normalized spacial score (nSPS) is 25.9. The number of nitrogens with one attached hydrogen (secondary N) is 1. The van der Waals surface area contributed by atoms with E-state index in [0.29, 0.717) is 31.0 Å². The van der Waals surface area contributed by atoms with Crippen LogP contribution in [0, 0.1) is 5.92 Å². The molecule has 0 aliphatic heterocycles. The van der Waals surface area contributed by atoms with Gasteiger partial charge in [0.15, 0.2) is 0 Å². The molecule has 0 heterocycles. The molecular formula is C12H24N2O2. The van der Waals surface area contributed by atoms with Gasteiger partial charge in [-0.15, -0.1) is 0 Å². The molecule has 0 saturated heterocycles. The molecule has 4 nitrogen and oxygen atoms in total. The van der Waals surface area contributed by atoms with E-state index in [-0.39, 0.29) is 5.91 Å². The smallest absolute Gasteiger partial charge is 0.220 e. The quantitative estimate of drug-likeness (QED) is 0.684. The number of ether oxygens (including phenoxy) is 1. The predicted molar refractivity (Wildman–Crippen MR) is 64.0 cm³/mol. The van der Waals surface area contributed by atoms with Gasteiger partial charge in [-0.2, -0.15) is 0 Å². The first-order valence-corrected chi connectivity index (χ1v) is 6.18. The van der Waals surface area contributed by atoms with Crippen molar-refractivity contribution in [3.05, 3.63) is 0 Å². The van der Waals surface area contributed by atoms with Gasteiger partial charge >= 0.3 is 0 Å². The van der Waals surface area contributed by atoms with Gasteiger partial charge in [0.25, 0.3) is 0 Å². The molecule has 1 saturated carbocycles. The lowest BCUT2D eigenvalue weighted by Gasteiger charge is -2.34. The Bertz CT molecular complexity index is 215. The van der Waals surface area contributed by atoms with Gasteiger partial charge in [-0.1, -0.05) is 6.92 Å². The Labute approximate surface area is 97.9 Å². The number of rotatable bonds is 7. The maximum atomic E-state index is 11.6. The summed E-state index contributed by atoms with van der Waals surface area (Å²) in [4.78, 5) is 11.6. The molecule has 1 aliphatic carbocycles.